The second-order valence-electron chi connectivity index (χ2n) is 3.59. The first-order chi connectivity index (χ1) is 6.24. The average Bonchev–Trinajstić information content (AvgIpc) is 2.48. The molecule has 0 bridgehead atoms. The normalized spacial score (nSPS) is 20.4. The van der Waals surface area contributed by atoms with Crippen molar-refractivity contribution < 1.29 is 4.39 Å². The van der Waals surface area contributed by atoms with Crippen LogP contribution >= 0.6 is 0 Å². The van der Waals surface area contributed by atoms with Gasteiger partial charge in [-0.3, -0.25) is 0 Å². The van der Waals surface area contributed by atoms with Crippen molar-refractivity contribution in [3.05, 3.63) is 34.6 Å². The van der Waals surface area contributed by atoms with Gasteiger partial charge in [-0.1, -0.05) is 13.0 Å². The summed E-state index contributed by atoms with van der Waals surface area (Å²) in [5, 5.41) is 0. The summed E-state index contributed by atoms with van der Waals surface area (Å²) in [4.78, 5) is 0. The molecule has 1 aromatic carbocycles. The summed E-state index contributed by atoms with van der Waals surface area (Å²) in [6, 6.07) is 3.51. The molecule has 1 aromatic rings. The van der Waals surface area contributed by atoms with Gasteiger partial charge in [-0.05, 0) is 42.0 Å². The summed E-state index contributed by atoms with van der Waals surface area (Å²) in [7, 11) is 0. The van der Waals surface area contributed by atoms with Crippen LogP contribution in [0, 0.1) is 5.82 Å². The van der Waals surface area contributed by atoms with Crippen molar-refractivity contribution in [2.45, 2.75) is 32.2 Å². The van der Waals surface area contributed by atoms with E-state index in [-0.39, 0.29) is 11.9 Å². The highest BCUT2D eigenvalue weighted by molar-refractivity contribution is 5.41. The minimum Gasteiger partial charge on any atom is -0.324 e. The van der Waals surface area contributed by atoms with Gasteiger partial charge in [-0.25, -0.2) is 4.39 Å². The summed E-state index contributed by atoms with van der Waals surface area (Å²) in [5.74, 6) is -0.0737. The molecular formula is C11H14FN. The molecule has 0 saturated heterocycles. The van der Waals surface area contributed by atoms with Gasteiger partial charge >= 0.3 is 0 Å². The molecule has 1 atom stereocenters. The van der Waals surface area contributed by atoms with Crippen molar-refractivity contribution >= 4 is 0 Å². The number of halogens is 1. The van der Waals surface area contributed by atoms with E-state index in [2.05, 4.69) is 0 Å². The topological polar surface area (TPSA) is 26.0 Å². The summed E-state index contributed by atoms with van der Waals surface area (Å²) < 4.78 is 13.3. The maximum Gasteiger partial charge on any atom is 0.126 e. The first-order valence-electron chi connectivity index (χ1n) is 4.79. The van der Waals surface area contributed by atoms with E-state index in [9.17, 15) is 4.39 Å². The predicted octanol–water partition coefficient (Wildman–Crippen LogP) is 2.33. The smallest absolute Gasteiger partial charge is 0.126 e. The Morgan fingerprint density at radius 3 is 3.00 bits per heavy atom. The van der Waals surface area contributed by atoms with Crippen molar-refractivity contribution in [2.24, 2.45) is 5.73 Å². The lowest BCUT2D eigenvalue weighted by Crippen LogP contribution is -2.05. The molecule has 0 spiro atoms. The number of hydrogen-bond donors (Lipinski definition) is 1. The van der Waals surface area contributed by atoms with E-state index in [0.717, 1.165) is 36.0 Å². The molecule has 70 valence electrons. The van der Waals surface area contributed by atoms with E-state index in [1.165, 1.54) is 0 Å². The summed E-state index contributed by atoms with van der Waals surface area (Å²) in [5.41, 5.74) is 9.08. The Morgan fingerprint density at radius 2 is 2.31 bits per heavy atom. The van der Waals surface area contributed by atoms with E-state index >= 15 is 0 Å². The fourth-order valence-electron chi connectivity index (χ4n) is 2.16. The van der Waals surface area contributed by atoms with Crippen LogP contribution in [0.2, 0.25) is 0 Å². The van der Waals surface area contributed by atoms with Gasteiger partial charge in [-0.2, -0.15) is 0 Å². The van der Waals surface area contributed by atoms with Crippen LogP contribution < -0.4 is 5.73 Å². The summed E-state index contributed by atoms with van der Waals surface area (Å²) >= 11 is 0. The zero-order valence-corrected chi connectivity index (χ0v) is 7.81. The van der Waals surface area contributed by atoms with Crippen molar-refractivity contribution in [1.29, 1.82) is 0 Å². The molecule has 0 aromatic heterocycles. The van der Waals surface area contributed by atoms with Gasteiger partial charge in [0.15, 0.2) is 0 Å². The van der Waals surface area contributed by atoms with Crippen molar-refractivity contribution in [3.63, 3.8) is 0 Å². The van der Waals surface area contributed by atoms with Gasteiger partial charge in [-0.15, -0.1) is 0 Å². The van der Waals surface area contributed by atoms with Crippen molar-refractivity contribution in [3.8, 4) is 0 Å². The quantitative estimate of drug-likeness (QED) is 0.703. The molecule has 0 aliphatic heterocycles. The van der Waals surface area contributed by atoms with E-state index in [0.29, 0.717) is 0 Å². The van der Waals surface area contributed by atoms with Gasteiger partial charge in [0.2, 0.25) is 0 Å². The van der Waals surface area contributed by atoms with Crippen LogP contribution in [-0.2, 0) is 12.8 Å². The molecule has 13 heavy (non-hydrogen) atoms. The van der Waals surface area contributed by atoms with E-state index in [1.807, 2.05) is 13.0 Å². The van der Waals surface area contributed by atoms with Gasteiger partial charge in [0.25, 0.3) is 0 Å². The summed E-state index contributed by atoms with van der Waals surface area (Å²) in [6.07, 6.45) is 2.67. The Bertz CT molecular complexity index is 333. The first kappa shape index (κ1) is 8.70. The maximum atomic E-state index is 13.3. The van der Waals surface area contributed by atoms with Gasteiger partial charge in [0.1, 0.15) is 5.82 Å². The van der Waals surface area contributed by atoms with Crippen LogP contribution in [0.5, 0.6) is 0 Å². The molecule has 2 N–H and O–H groups in total. The lowest BCUT2D eigenvalue weighted by atomic mass is 10.00. The van der Waals surface area contributed by atoms with Gasteiger partial charge in [0, 0.05) is 6.04 Å². The molecule has 0 fully saturated rings. The number of hydrogen-bond acceptors (Lipinski definition) is 1. The molecule has 2 heteroatoms. The highest BCUT2D eigenvalue weighted by atomic mass is 19.1. The molecule has 0 saturated carbocycles. The summed E-state index contributed by atoms with van der Waals surface area (Å²) in [6.45, 7) is 1.99. The highest BCUT2D eigenvalue weighted by Crippen LogP contribution is 2.32. The Labute approximate surface area is 77.8 Å². The van der Waals surface area contributed by atoms with E-state index in [4.69, 9.17) is 5.73 Å². The van der Waals surface area contributed by atoms with Gasteiger partial charge < -0.3 is 5.73 Å². The van der Waals surface area contributed by atoms with Crippen LogP contribution in [0.25, 0.3) is 0 Å². The standard InChI is InChI=1S/C11H14FN/c1-2-7-8-4-6-11(13)9(8)3-5-10(7)12/h3,5,11H,2,4,6,13H2,1H3/t11-/m0/s1. The number of fused-ring (bicyclic) bond motifs is 1. The monoisotopic (exact) mass is 179 g/mol. The molecule has 0 unspecified atom stereocenters. The SMILES string of the molecule is CCc1c(F)ccc2c1CC[C@@H]2N. The molecule has 1 aliphatic rings. The molecule has 0 heterocycles. The second kappa shape index (κ2) is 3.11. The predicted molar refractivity (Wildman–Crippen MR) is 51.0 cm³/mol. The fraction of sp³-hybridized carbons (Fsp3) is 0.455. The number of benzene rings is 1. The molecule has 1 aliphatic carbocycles. The Kier molecular flexibility index (Phi) is 2.08. The molecule has 0 radical (unpaired) electrons. The minimum absolute atomic E-state index is 0.0737. The third-order valence-electron chi connectivity index (χ3n) is 2.87. The molecule has 1 nitrogen and oxygen atoms in total. The van der Waals surface area contributed by atoms with Crippen LogP contribution in [0.1, 0.15) is 36.1 Å². The Hall–Kier alpha value is -0.890. The lowest BCUT2D eigenvalue weighted by molar-refractivity contribution is 0.609. The van der Waals surface area contributed by atoms with Crippen LogP contribution in [0.15, 0.2) is 12.1 Å². The molecular weight excluding hydrogens is 165 g/mol. The van der Waals surface area contributed by atoms with Crippen molar-refractivity contribution in [1.82, 2.24) is 0 Å². The third-order valence-corrected chi connectivity index (χ3v) is 2.87. The van der Waals surface area contributed by atoms with Crippen LogP contribution in [0.4, 0.5) is 4.39 Å². The Morgan fingerprint density at radius 1 is 1.54 bits per heavy atom. The molecule has 2 rings (SSSR count). The molecule has 0 amide bonds. The average molecular weight is 179 g/mol. The van der Waals surface area contributed by atoms with Crippen molar-refractivity contribution in [2.75, 3.05) is 0 Å². The maximum absolute atomic E-state index is 13.3. The lowest BCUT2D eigenvalue weighted by Gasteiger charge is -2.08. The van der Waals surface area contributed by atoms with E-state index < -0.39 is 0 Å². The first-order valence-corrected chi connectivity index (χ1v) is 4.79. The fourth-order valence-corrected chi connectivity index (χ4v) is 2.16. The van der Waals surface area contributed by atoms with Crippen LogP contribution in [-0.4, -0.2) is 0 Å². The highest BCUT2D eigenvalue weighted by Gasteiger charge is 2.22. The van der Waals surface area contributed by atoms with Gasteiger partial charge in [0.05, 0.1) is 0 Å². The van der Waals surface area contributed by atoms with Crippen LogP contribution in [0.3, 0.4) is 0 Å². The largest absolute Gasteiger partial charge is 0.324 e. The number of nitrogens with two attached hydrogens (primary N) is 1. The zero-order chi connectivity index (χ0) is 9.42. The zero-order valence-electron chi connectivity index (χ0n) is 7.81. The van der Waals surface area contributed by atoms with E-state index in [1.54, 1.807) is 6.07 Å². The number of rotatable bonds is 1. The minimum atomic E-state index is -0.0737. The third kappa shape index (κ3) is 1.25. The second-order valence-corrected chi connectivity index (χ2v) is 3.59. The Balaban J connectivity index is 2.57.